The van der Waals surface area contributed by atoms with Crippen LogP contribution in [-0.4, -0.2) is 17.9 Å². The second-order valence-electron chi connectivity index (χ2n) is 2.94. The summed E-state index contributed by atoms with van der Waals surface area (Å²) in [5, 5.41) is 0. The summed E-state index contributed by atoms with van der Waals surface area (Å²) in [6, 6.07) is 5.64. The molecule has 70 valence electrons. The van der Waals surface area contributed by atoms with Gasteiger partial charge in [-0.1, -0.05) is 13.0 Å². The fourth-order valence-electron chi connectivity index (χ4n) is 1.08. The highest BCUT2D eigenvalue weighted by Gasteiger charge is 2.08. The van der Waals surface area contributed by atoms with Gasteiger partial charge in [0.15, 0.2) is 0 Å². The van der Waals surface area contributed by atoms with E-state index in [0.717, 1.165) is 5.69 Å². The minimum absolute atomic E-state index is 0.0816. The average Bonchev–Trinajstić information content (AvgIpc) is 2.15. The molecule has 0 aliphatic rings. The monoisotopic (exact) mass is 178 g/mol. The van der Waals surface area contributed by atoms with Crippen LogP contribution in [0.5, 0.6) is 0 Å². The van der Waals surface area contributed by atoms with Crippen LogP contribution in [0.1, 0.15) is 19.0 Å². The van der Waals surface area contributed by atoms with Gasteiger partial charge in [-0.05, 0) is 19.1 Å². The van der Waals surface area contributed by atoms with Gasteiger partial charge in [-0.15, -0.1) is 0 Å². The molecule has 1 heterocycles. The maximum atomic E-state index is 11.3. The summed E-state index contributed by atoms with van der Waals surface area (Å²) < 4.78 is 0. The summed E-state index contributed by atoms with van der Waals surface area (Å²) in [5.74, 6) is 0.796. The summed E-state index contributed by atoms with van der Waals surface area (Å²) in [5.41, 5.74) is 0.924. The lowest BCUT2D eigenvalue weighted by Crippen LogP contribution is -2.26. The van der Waals surface area contributed by atoms with Crippen LogP contribution in [0.4, 0.5) is 5.82 Å². The Morgan fingerprint density at radius 1 is 1.54 bits per heavy atom. The van der Waals surface area contributed by atoms with Crippen LogP contribution in [0.15, 0.2) is 18.2 Å². The van der Waals surface area contributed by atoms with Gasteiger partial charge in [0.1, 0.15) is 5.82 Å². The molecule has 1 aromatic rings. The zero-order chi connectivity index (χ0) is 9.84. The van der Waals surface area contributed by atoms with E-state index in [0.29, 0.717) is 12.2 Å². The van der Waals surface area contributed by atoms with E-state index < -0.39 is 0 Å². The predicted molar refractivity (Wildman–Crippen MR) is 52.7 cm³/mol. The van der Waals surface area contributed by atoms with Gasteiger partial charge >= 0.3 is 0 Å². The molecule has 0 aliphatic carbocycles. The zero-order valence-corrected chi connectivity index (χ0v) is 8.24. The Labute approximate surface area is 78.4 Å². The molecule has 3 nitrogen and oxygen atoms in total. The molecule has 13 heavy (non-hydrogen) atoms. The Bertz CT molecular complexity index is 310. The van der Waals surface area contributed by atoms with E-state index in [-0.39, 0.29) is 5.91 Å². The molecule has 0 unspecified atom stereocenters. The van der Waals surface area contributed by atoms with Crippen molar-refractivity contribution in [1.29, 1.82) is 0 Å². The minimum Gasteiger partial charge on any atom is -0.300 e. The second-order valence-corrected chi connectivity index (χ2v) is 2.94. The lowest BCUT2D eigenvalue weighted by molar-refractivity contribution is -0.118. The first-order valence-electron chi connectivity index (χ1n) is 4.35. The number of hydrogen-bond donors (Lipinski definition) is 0. The molecule has 1 amide bonds. The van der Waals surface area contributed by atoms with Gasteiger partial charge in [-0.2, -0.15) is 0 Å². The van der Waals surface area contributed by atoms with E-state index in [4.69, 9.17) is 0 Å². The van der Waals surface area contributed by atoms with Gasteiger partial charge in [0.25, 0.3) is 0 Å². The highest BCUT2D eigenvalue weighted by molar-refractivity contribution is 5.91. The molecule has 1 rings (SSSR count). The van der Waals surface area contributed by atoms with Crippen LogP contribution in [0.2, 0.25) is 0 Å². The van der Waals surface area contributed by atoms with Crippen LogP contribution in [0.3, 0.4) is 0 Å². The first kappa shape index (κ1) is 9.71. The number of aromatic nitrogens is 1. The number of nitrogens with zero attached hydrogens (tertiary/aromatic N) is 2. The molecule has 0 bridgehead atoms. The molecule has 0 spiro atoms. The number of carbonyl (C=O) groups is 1. The lowest BCUT2D eigenvalue weighted by atomic mass is 10.3. The number of aryl methyl sites for hydroxylation is 1. The molecule has 0 saturated carbocycles. The topological polar surface area (TPSA) is 33.2 Å². The Morgan fingerprint density at radius 2 is 2.23 bits per heavy atom. The van der Waals surface area contributed by atoms with Gasteiger partial charge in [0, 0.05) is 19.2 Å². The van der Waals surface area contributed by atoms with Gasteiger partial charge in [-0.25, -0.2) is 4.98 Å². The number of carbonyl (C=O) groups excluding carboxylic acids is 1. The maximum Gasteiger partial charge on any atom is 0.227 e. The second kappa shape index (κ2) is 4.03. The van der Waals surface area contributed by atoms with E-state index in [2.05, 4.69) is 4.98 Å². The Balaban J connectivity index is 2.88. The predicted octanol–water partition coefficient (Wildman–Crippen LogP) is 1.76. The molecular weight excluding hydrogens is 164 g/mol. The minimum atomic E-state index is 0.0816. The summed E-state index contributed by atoms with van der Waals surface area (Å²) >= 11 is 0. The summed E-state index contributed by atoms with van der Waals surface area (Å²) in [7, 11) is 1.74. The molecule has 0 aliphatic heterocycles. The smallest absolute Gasteiger partial charge is 0.227 e. The van der Waals surface area contributed by atoms with Crippen molar-refractivity contribution in [3.63, 3.8) is 0 Å². The fourth-order valence-corrected chi connectivity index (χ4v) is 1.08. The number of pyridine rings is 1. The van der Waals surface area contributed by atoms with E-state index in [9.17, 15) is 4.79 Å². The van der Waals surface area contributed by atoms with E-state index in [1.165, 1.54) is 0 Å². The van der Waals surface area contributed by atoms with Crippen molar-refractivity contribution < 1.29 is 4.79 Å². The third kappa shape index (κ3) is 2.28. The van der Waals surface area contributed by atoms with Crippen molar-refractivity contribution in [1.82, 2.24) is 4.98 Å². The van der Waals surface area contributed by atoms with Gasteiger partial charge < -0.3 is 0 Å². The van der Waals surface area contributed by atoms with Crippen LogP contribution >= 0.6 is 0 Å². The maximum absolute atomic E-state index is 11.3. The summed E-state index contributed by atoms with van der Waals surface area (Å²) in [4.78, 5) is 17.1. The van der Waals surface area contributed by atoms with Crippen LogP contribution in [0.25, 0.3) is 0 Å². The largest absolute Gasteiger partial charge is 0.300 e. The van der Waals surface area contributed by atoms with Crippen molar-refractivity contribution in [2.24, 2.45) is 0 Å². The van der Waals surface area contributed by atoms with Crippen LogP contribution in [0, 0.1) is 6.92 Å². The number of amides is 1. The molecule has 0 fully saturated rings. The quantitative estimate of drug-likeness (QED) is 0.691. The van der Waals surface area contributed by atoms with Crippen molar-refractivity contribution >= 4 is 11.7 Å². The fraction of sp³-hybridized carbons (Fsp3) is 0.400. The van der Waals surface area contributed by atoms with Gasteiger partial charge in [-0.3, -0.25) is 9.69 Å². The van der Waals surface area contributed by atoms with Gasteiger partial charge in [0.2, 0.25) is 5.91 Å². The number of hydrogen-bond acceptors (Lipinski definition) is 2. The average molecular weight is 178 g/mol. The summed E-state index contributed by atoms with van der Waals surface area (Å²) in [6.45, 7) is 3.75. The van der Waals surface area contributed by atoms with E-state index in [1.54, 1.807) is 11.9 Å². The normalized spacial score (nSPS) is 9.77. The molecule has 1 aromatic heterocycles. The highest BCUT2D eigenvalue weighted by atomic mass is 16.2. The third-order valence-corrected chi connectivity index (χ3v) is 1.89. The molecule has 3 heteroatoms. The lowest BCUT2D eigenvalue weighted by Gasteiger charge is -2.15. The van der Waals surface area contributed by atoms with Crippen LogP contribution < -0.4 is 4.90 Å². The molecule has 0 aromatic carbocycles. The Hall–Kier alpha value is -1.38. The SMILES string of the molecule is CCC(=O)N(C)c1cccc(C)n1. The van der Waals surface area contributed by atoms with Crippen molar-refractivity contribution in [3.05, 3.63) is 23.9 Å². The van der Waals surface area contributed by atoms with Crippen molar-refractivity contribution in [2.45, 2.75) is 20.3 Å². The molecule has 0 radical (unpaired) electrons. The molecular formula is C10H14N2O. The van der Waals surface area contributed by atoms with Crippen molar-refractivity contribution in [2.75, 3.05) is 11.9 Å². The van der Waals surface area contributed by atoms with Crippen LogP contribution in [-0.2, 0) is 4.79 Å². The first-order valence-corrected chi connectivity index (χ1v) is 4.35. The number of anilines is 1. The Morgan fingerprint density at radius 3 is 2.77 bits per heavy atom. The van der Waals surface area contributed by atoms with Gasteiger partial charge in [0.05, 0.1) is 0 Å². The first-order chi connectivity index (χ1) is 6.15. The standard InChI is InChI=1S/C10H14N2O/c1-4-10(13)12(3)9-7-5-6-8(2)11-9/h5-7H,4H2,1-3H3. The summed E-state index contributed by atoms with van der Waals surface area (Å²) in [6.07, 6.45) is 0.506. The Kier molecular flexibility index (Phi) is 3.01. The third-order valence-electron chi connectivity index (χ3n) is 1.89. The zero-order valence-electron chi connectivity index (χ0n) is 8.24. The molecule has 0 N–H and O–H groups in total. The highest BCUT2D eigenvalue weighted by Crippen LogP contribution is 2.09. The number of rotatable bonds is 2. The molecule has 0 saturated heterocycles. The van der Waals surface area contributed by atoms with Crippen molar-refractivity contribution in [3.8, 4) is 0 Å². The molecule has 0 atom stereocenters. The van der Waals surface area contributed by atoms with E-state index in [1.807, 2.05) is 32.0 Å². The van der Waals surface area contributed by atoms with E-state index >= 15 is 0 Å².